The first-order chi connectivity index (χ1) is 26.2. The molecule has 9 aromatic carbocycles. The molecule has 0 radical (unpaired) electrons. The highest BCUT2D eigenvalue weighted by molar-refractivity contribution is 7.26. The van der Waals surface area contributed by atoms with Gasteiger partial charge in [0.2, 0.25) is 0 Å². The van der Waals surface area contributed by atoms with E-state index >= 15 is 0 Å². The fourth-order valence-corrected chi connectivity index (χ4v) is 12.6. The average molecular weight is 685 g/mol. The fraction of sp³-hybridized carbons (Fsp3) is 0.0204. The van der Waals surface area contributed by atoms with Gasteiger partial charge in [-0.15, -0.1) is 11.3 Å². The van der Waals surface area contributed by atoms with E-state index in [-0.39, 0.29) is 6.71 Å². The minimum absolute atomic E-state index is 0.0932. The van der Waals surface area contributed by atoms with Gasteiger partial charge in [0, 0.05) is 53.1 Å². The molecule has 240 valence electrons. The highest BCUT2D eigenvalue weighted by atomic mass is 32.1. The monoisotopic (exact) mass is 684 g/mol. The van der Waals surface area contributed by atoms with Crippen LogP contribution in [0.4, 0.5) is 0 Å². The van der Waals surface area contributed by atoms with Crippen molar-refractivity contribution in [2.45, 2.75) is 6.92 Å². The molecule has 0 saturated heterocycles. The Morgan fingerprint density at radius 1 is 0.453 bits per heavy atom. The summed E-state index contributed by atoms with van der Waals surface area (Å²) < 4.78 is 8.07. The lowest BCUT2D eigenvalue weighted by atomic mass is 9.34. The van der Waals surface area contributed by atoms with Crippen LogP contribution in [0.3, 0.4) is 0 Å². The third-order valence-electron chi connectivity index (χ3n) is 13.2. The van der Waals surface area contributed by atoms with Crippen LogP contribution in [-0.2, 0) is 0 Å². The van der Waals surface area contributed by atoms with Crippen molar-refractivity contribution in [2.24, 2.45) is 0 Å². The molecule has 15 rings (SSSR count). The second-order valence-corrected chi connectivity index (χ2v) is 16.7. The van der Waals surface area contributed by atoms with Gasteiger partial charge < -0.3 is 9.13 Å². The molecule has 0 atom stereocenters. The van der Waals surface area contributed by atoms with E-state index in [1.54, 1.807) is 0 Å². The SMILES string of the molecule is Cc1cc2c3c(c1)-n1c4ccc5cccc6c5c4c4c5c(cc(c41)B3c1cc3ccccc3c3c4c7ccccc7ccc4n-2c13)sc1cccc-6c15. The van der Waals surface area contributed by atoms with E-state index in [1.807, 2.05) is 11.3 Å². The maximum Gasteiger partial charge on any atom is 0.252 e. The van der Waals surface area contributed by atoms with Crippen LogP contribution >= 0.6 is 11.3 Å². The van der Waals surface area contributed by atoms with Crippen LogP contribution in [0.1, 0.15) is 5.56 Å². The summed E-state index contributed by atoms with van der Waals surface area (Å²) in [5, 5.41) is 16.4. The highest BCUT2D eigenvalue weighted by Gasteiger charge is 2.43. The lowest BCUT2D eigenvalue weighted by molar-refractivity contribution is 1.13. The van der Waals surface area contributed by atoms with Crippen molar-refractivity contribution < 1.29 is 0 Å². The van der Waals surface area contributed by atoms with E-state index < -0.39 is 0 Å². The molecule has 0 spiro atoms. The third kappa shape index (κ3) is 2.76. The Balaban J connectivity index is 1.25. The minimum atomic E-state index is 0.0932. The van der Waals surface area contributed by atoms with Crippen molar-refractivity contribution >= 4 is 131 Å². The summed E-state index contributed by atoms with van der Waals surface area (Å²) in [6, 6.07) is 51.5. The predicted molar refractivity (Wildman–Crippen MR) is 229 cm³/mol. The van der Waals surface area contributed by atoms with Crippen LogP contribution in [0, 0.1) is 6.92 Å². The smallest absolute Gasteiger partial charge is 0.252 e. The Labute approximate surface area is 306 Å². The van der Waals surface area contributed by atoms with E-state index in [2.05, 4.69) is 150 Å². The number of hydrogen-bond donors (Lipinski definition) is 0. The Bertz CT molecular complexity index is 3820. The Morgan fingerprint density at radius 2 is 1.09 bits per heavy atom. The number of rotatable bonds is 0. The lowest BCUT2D eigenvalue weighted by Crippen LogP contribution is -2.59. The molecule has 0 bridgehead atoms. The number of hydrogen-bond acceptors (Lipinski definition) is 1. The van der Waals surface area contributed by atoms with Gasteiger partial charge in [-0.05, 0) is 109 Å². The van der Waals surface area contributed by atoms with Gasteiger partial charge in [0.15, 0.2) is 0 Å². The highest BCUT2D eigenvalue weighted by Crippen LogP contribution is 2.53. The standard InChI is InChI=1S/C49H25BN2S/c1-24-20-36-47-37(21-24)52-35-19-17-26-10-6-13-30-31-14-7-15-38-42(31)45-39(53-38)23-33(49(52)46(45)44(35)40(26)30)50(47)32-22-27-9-3-5-12-29(27)43-41-28-11-4-2-8-25(28)16-18-34(41)51(36)48(32)43/h2-23H,1H3. The second kappa shape index (κ2) is 8.47. The summed E-state index contributed by atoms with van der Waals surface area (Å²) in [5.41, 5.74) is 16.2. The Kier molecular flexibility index (Phi) is 4.22. The largest absolute Gasteiger partial charge is 0.310 e. The molecule has 0 N–H and O–H groups in total. The first-order valence-corrected chi connectivity index (χ1v) is 19.5. The van der Waals surface area contributed by atoms with Gasteiger partial charge in [-0.2, -0.15) is 0 Å². The van der Waals surface area contributed by atoms with Gasteiger partial charge in [0.1, 0.15) is 0 Å². The molecular formula is C49H25BN2S. The van der Waals surface area contributed by atoms with E-state index in [4.69, 9.17) is 0 Å². The maximum atomic E-state index is 2.67. The Hall–Kier alpha value is -6.36. The maximum absolute atomic E-state index is 2.67. The summed E-state index contributed by atoms with van der Waals surface area (Å²) in [6.45, 7) is 2.38. The van der Waals surface area contributed by atoms with Crippen LogP contribution in [0.2, 0.25) is 0 Å². The molecule has 0 fully saturated rings. The first kappa shape index (κ1) is 26.4. The molecule has 2 aliphatic heterocycles. The zero-order valence-corrected chi connectivity index (χ0v) is 29.4. The van der Waals surface area contributed by atoms with Gasteiger partial charge >= 0.3 is 0 Å². The number of thiophene rings is 1. The van der Waals surface area contributed by atoms with E-state index in [1.165, 1.54) is 141 Å². The van der Waals surface area contributed by atoms with Gasteiger partial charge in [0.25, 0.3) is 6.71 Å². The summed E-state index contributed by atoms with van der Waals surface area (Å²) in [5.74, 6) is 0. The fourth-order valence-electron chi connectivity index (χ4n) is 11.4. The van der Waals surface area contributed by atoms with Gasteiger partial charge in [-0.25, -0.2) is 0 Å². The van der Waals surface area contributed by atoms with Crippen molar-refractivity contribution in [2.75, 3.05) is 0 Å². The van der Waals surface area contributed by atoms with Gasteiger partial charge in [-0.1, -0.05) is 97.1 Å². The number of aromatic nitrogens is 2. The van der Waals surface area contributed by atoms with Crippen LogP contribution in [-0.4, -0.2) is 15.8 Å². The topological polar surface area (TPSA) is 9.86 Å². The van der Waals surface area contributed by atoms with Crippen molar-refractivity contribution in [1.29, 1.82) is 0 Å². The van der Waals surface area contributed by atoms with E-state index in [0.717, 1.165) is 0 Å². The van der Waals surface area contributed by atoms with Crippen LogP contribution < -0.4 is 16.4 Å². The average Bonchev–Trinajstić information content (AvgIpc) is 3.83. The van der Waals surface area contributed by atoms with E-state index in [0.29, 0.717) is 0 Å². The number of nitrogens with zero attached hydrogens (tertiary/aromatic N) is 2. The Morgan fingerprint density at radius 3 is 1.92 bits per heavy atom. The molecule has 3 aliphatic rings. The van der Waals surface area contributed by atoms with Crippen LogP contribution in [0.5, 0.6) is 0 Å². The van der Waals surface area contributed by atoms with Crippen LogP contribution in [0.15, 0.2) is 133 Å². The minimum Gasteiger partial charge on any atom is -0.310 e. The molecule has 0 saturated carbocycles. The summed E-state index contributed by atoms with van der Waals surface area (Å²) in [7, 11) is 0. The zero-order chi connectivity index (χ0) is 34.0. The quantitative estimate of drug-likeness (QED) is 0.141. The predicted octanol–water partition coefficient (Wildman–Crippen LogP) is 11.1. The number of aryl methyl sites for hydroxylation is 1. The van der Waals surface area contributed by atoms with Crippen molar-refractivity contribution in [3.05, 3.63) is 139 Å². The number of fused-ring (bicyclic) bond motifs is 13. The normalized spacial score (nSPS) is 13.7. The molecule has 0 amide bonds. The third-order valence-corrected chi connectivity index (χ3v) is 14.3. The van der Waals surface area contributed by atoms with E-state index in [9.17, 15) is 0 Å². The van der Waals surface area contributed by atoms with Crippen molar-refractivity contribution in [1.82, 2.24) is 9.13 Å². The van der Waals surface area contributed by atoms with Gasteiger partial charge in [-0.3, -0.25) is 0 Å². The molecule has 5 heterocycles. The molecule has 4 heteroatoms. The summed E-state index contributed by atoms with van der Waals surface area (Å²) in [4.78, 5) is 0. The lowest BCUT2D eigenvalue weighted by Gasteiger charge is -2.34. The molecule has 2 nitrogen and oxygen atoms in total. The van der Waals surface area contributed by atoms with Gasteiger partial charge in [0.05, 0.1) is 22.1 Å². The van der Waals surface area contributed by atoms with Crippen LogP contribution in [0.25, 0.3) is 119 Å². The van der Waals surface area contributed by atoms with Crippen molar-refractivity contribution in [3.8, 4) is 22.5 Å². The summed E-state index contributed by atoms with van der Waals surface area (Å²) >= 11 is 1.97. The molecule has 0 unspecified atom stereocenters. The molecule has 3 aromatic heterocycles. The molecule has 53 heavy (non-hydrogen) atoms. The zero-order valence-electron chi connectivity index (χ0n) is 28.6. The molecular weight excluding hydrogens is 659 g/mol. The number of benzene rings is 9. The van der Waals surface area contributed by atoms with Crippen molar-refractivity contribution in [3.63, 3.8) is 0 Å². The molecule has 1 aliphatic carbocycles. The summed E-state index contributed by atoms with van der Waals surface area (Å²) in [6.07, 6.45) is 0. The second-order valence-electron chi connectivity index (χ2n) is 15.6. The molecule has 12 aromatic rings. The first-order valence-electron chi connectivity index (χ1n) is 18.6.